The summed E-state index contributed by atoms with van der Waals surface area (Å²) in [6.07, 6.45) is 2.10. The van der Waals surface area contributed by atoms with Crippen LogP contribution in [0.1, 0.15) is 12.0 Å². The molecule has 1 aromatic rings. The smallest absolute Gasteiger partial charge is 0.218 e. The molecule has 0 heterocycles. The van der Waals surface area contributed by atoms with E-state index in [1.54, 1.807) is 6.08 Å². The average molecular weight is 248 g/mol. The van der Waals surface area contributed by atoms with E-state index in [1.165, 1.54) is 5.56 Å². The Labute approximate surface area is 108 Å². The van der Waals surface area contributed by atoms with Crippen LogP contribution in [0.5, 0.6) is 5.75 Å². The van der Waals surface area contributed by atoms with Gasteiger partial charge in [-0.2, -0.15) is 0 Å². The molecule has 0 saturated carbocycles. The van der Waals surface area contributed by atoms with Crippen molar-refractivity contribution in [3.63, 3.8) is 0 Å². The van der Waals surface area contributed by atoms with Crippen LogP contribution in [0.3, 0.4) is 0 Å². The molecule has 18 heavy (non-hydrogen) atoms. The third-order valence-corrected chi connectivity index (χ3v) is 2.48. The van der Waals surface area contributed by atoms with Crippen LogP contribution in [0.25, 0.3) is 0 Å². The van der Waals surface area contributed by atoms with Crippen molar-refractivity contribution >= 4 is 5.91 Å². The number of nitrogens with zero attached hydrogens (tertiary/aromatic N) is 1. The lowest BCUT2D eigenvalue weighted by Gasteiger charge is -2.15. The van der Waals surface area contributed by atoms with E-state index in [9.17, 15) is 4.79 Å². The molecule has 0 saturated heterocycles. The summed E-state index contributed by atoms with van der Waals surface area (Å²) in [7, 11) is 1.96. The lowest BCUT2D eigenvalue weighted by Crippen LogP contribution is -2.24. The summed E-state index contributed by atoms with van der Waals surface area (Å²) in [5.41, 5.74) is 6.28. The molecule has 98 valence electrons. The molecule has 0 spiro atoms. The zero-order valence-corrected chi connectivity index (χ0v) is 10.8. The minimum absolute atomic E-state index is 0.268. The van der Waals surface area contributed by atoms with E-state index in [2.05, 4.69) is 11.5 Å². The zero-order chi connectivity index (χ0) is 13.4. The second-order valence-corrected chi connectivity index (χ2v) is 4.20. The summed E-state index contributed by atoms with van der Waals surface area (Å²) in [5.74, 6) is 0.563. The van der Waals surface area contributed by atoms with E-state index in [4.69, 9.17) is 10.5 Å². The fourth-order valence-electron chi connectivity index (χ4n) is 1.54. The Balaban J connectivity index is 2.42. The molecule has 0 aliphatic heterocycles. The van der Waals surface area contributed by atoms with Crippen molar-refractivity contribution in [2.24, 2.45) is 5.73 Å². The summed E-state index contributed by atoms with van der Waals surface area (Å²) < 4.78 is 5.40. The van der Waals surface area contributed by atoms with Crippen molar-refractivity contribution in [3.8, 4) is 5.75 Å². The Morgan fingerprint density at radius 2 is 2.11 bits per heavy atom. The molecule has 1 amide bonds. The summed E-state index contributed by atoms with van der Waals surface area (Å²) >= 11 is 0. The van der Waals surface area contributed by atoms with Gasteiger partial charge in [0.15, 0.2) is 0 Å². The second-order valence-electron chi connectivity index (χ2n) is 4.20. The molecule has 2 N–H and O–H groups in total. The third-order valence-electron chi connectivity index (χ3n) is 2.48. The number of primary amides is 1. The first-order valence-corrected chi connectivity index (χ1v) is 5.91. The highest BCUT2D eigenvalue weighted by atomic mass is 16.5. The second kappa shape index (κ2) is 7.50. The molecular formula is C14H20N2O2. The first-order valence-electron chi connectivity index (χ1n) is 5.91. The molecular weight excluding hydrogens is 228 g/mol. The summed E-state index contributed by atoms with van der Waals surface area (Å²) in [5, 5.41) is 0. The van der Waals surface area contributed by atoms with Crippen LogP contribution >= 0.6 is 0 Å². The van der Waals surface area contributed by atoms with Crippen molar-refractivity contribution in [1.29, 1.82) is 0 Å². The van der Waals surface area contributed by atoms with Crippen molar-refractivity contribution < 1.29 is 9.53 Å². The molecule has 0 unspecified atom stereocenters. The van der Waals surface area contributed by atoms with Crippen molar-refractivity contribution in [2.75, 3.05) is 20.2 Å². The van der Waals surface area contributed by atoms with Gasteiger partial charge in [-0.05, 0) is 24.7 Å². The topological polar surface area (TPSA) is 55.6 Å². The van der Waals surface area contributed by atoms with Gasteiger partial charge in [-0.1, -0.05) is 24.8 Å². The number of carbonyl (C=O) groups excluding carboxylic acids is 1. The van der Waals surface area contributed by atoms with Crippen LogP contribution in [-0.2, 0) is 11.3 Å². The van der Waals surface area contributed by atoms with Crippen LogP contribution < -0.4 is 10.5 Å². The average Bonchev–Trinajstić information content (AvgIpc) is 2.35. The van der Waals surface area contributed by atoms with Gasteiger partial charge >= 0.3 is 0 Å². The number of hydrogen-bond donors (Lipinski definition) is 1. The first kappa shape index (κ1) is 14.3. The SMILES string of the molecule is C=CCOc1ccc(CN(C)CCC(N)=O)cc1. The van der Waals surface area contributed by atoms with Crippen molar-refractivity contribution in [1.82, 2.24) is 4.90 Å². The third kappa shape index (κ3) is 5.50. The van der Waals surface area contributed by atoms with Gasteiger partial charge < -0.3 is 15.4 Å². The Kier molecular flexibility index (Phi) is 5.94. The maximum Gasteiger partial charge on any atom is 0.218 e. The Morgan fingerprint density at radius 1 is 1.44 bits per heavy atom. The number of hydrogen-bond acceptors (Lipinski definition) is 3. The van der Waals surface area contributed by atoms with Gasteiger partial charge in [0.1, 0.15) is 12.4 Å². The van der Waals surface area contributed by atoms with Crippen LogP contribution in [0.15, 0.2) is 36.9 Å². The molecule has 0 aliphatic rings. The molecule has 0 aliphatic carbocycles. The van der Waals surface area contributed by atoms with Gasteiger partial charge in [-0.15, -0.1) is 0 Å². The van der Waals surface area contributed by atoms with Crippen LogP contribution in [0, 0.1) is 0 Å². The lowest BCUT2D eigenvalue weighted by molar-refractivity contribution is -0.118. The maximum atomic E-state index is 10.7. The highest BCUT2D eigenvalue weighted by Crippen LogP contribution is 2.13. The highest BCUT2D eigenvalue weighted by Gasteiger charge is 2.02. The van der Waals surface area contributed by atoms with Gasteiger partial charge in [0.05, 0.1) is 0 Å². The molecule has 0 bridgehead atoms. The van der Waals surface area contributed by atoms with E-state index in [1.807, 2.05) is 31.3 Å². The molecule has 0 radical (unpaired) electrons. The number of amides is 1. The normalized spacial score (nSPS) is 10.3. The molecule has 0 atom stereocenters. The van der Waals surface area contributed by atoms with Crippen LogP contribution in [0.2, 0.25) is 0 Å². The zero-order valence-electron chi connectivity index (χ0n) is 10.8. The van der Waals surface area contributed by atoms with E-state index in [0.29, 0.717) is 19.6 Å². The van der Waals surface area contributed by atoms with Gasteiger partial charge in [0.2, 0.25) is 5.91 Å². The van der Waals surface area contributed by atoms with E-state index >= 15 is 0 Å². The van der Waals surface area contributed by atoms with Gasteiger partial charge in [0.25, 0.3) is 0 Å². The summed E-state index contributed by atoms with van der Waals surface area (Å²) in [6, 6.07) is 7.89. The van der Waals surface area contributed by atoms with Gasteiger partial charge in [0, 0.05) is 19.5 Å². The van der Waals surface area contributed by atoms with Gasteiger partial charge in [-0.25, -0.2) is 0 Å². The molecule has 4 heteroatoms. The number of ether oxygens (including phenoxy) is 1. The summed E-state index contributed by atoms with van der Waals surface area (Å²) in [6.45, 7) is 5.57. The molecule has 1 rings (SSSR count). The fraction of sp³-hybridized carbons (Fsp3) is 0.357. The Hall–Kier alpha value is -1.81. The predicted octanol–water partition coefficient (Wildman–Crippen LogP) is 1.56. The molecule has 1 aromatic carbocycles. The van der Waals surface area contributed by atoms with E-state index in [0.717, 1.165) is 12.3 Å². The Bertz CT molecular complexity index is 387. The number of benzene rings is 1. The van der Waals surface area contributed by atoms with Crippen molar-refractivity contribution in [3.05, 3.63) is 42.5 Å². The Morgan fingerprint density at radius 3 is 2.67 bits per heavy atom. The van der Waals surface area contributed by atoms with E-state index in [-0.39, 0.29) is 5.91 Å². The molecule has 0 aromatic heterocycles. The van der Waals surface area contributed by atoms with Gasteiger partial charge in [-0.3, -0.25) is 4.79 Å². The summed E-state index contributed by atoms with van der Waals surface area (Å²) in [4.78, 5) is 12.7. The van der Waals surface area contributed by atoms with Crippen LogP contribution in [0.4, 0.5) is 0 Å². The minimum Gasteiger partial charge on any atom is -0.490 e. The minimum atomic E-state index is -0.268. The lowest BCUT2D eigenvalue weighted by atomic mass is 10.2. The fourth-order valence-corrected chi connectivity index (χ4v) is 1.54. The maximum absolute atomic E-state index is 10.7. The number of carbonyl (C=O) groups is 1. The predicted molar refractivity (Wildman–Crippen MR) is 72.3 cm³/mol. The monoisotopic (exact) mass is 248 g/mol. The standard InChI is InChI=1S/C14H20N2O2/c1-3-10-18-13-6-4-12(5-7-13)11-16(2)9-8-14(15)17/h3-7H,1,8-11H2,2H3,(H2,15,17). The largest absolute Gasteiger partial charge is 0.490 e. The van der Waals surface area contributed by atoms with E-state index < -0.39 is 0 Å². The highest BCUT2D eigenvalue weighted by molar-refractivity contribution is 5.73. The molecule has 4 nitrogen and oxygen atoms in total. The number of nitrogens with two attached hydrogens (primary N) is 1. The number of rotatable bonds is 8. The quantitative estimate of drug-likeness (QED) is 0.710. The molecule has 0 fully saturated rings. The van der Waals surface area contributed by atoms with Crippen LogP contribution in [-0.4, -0.2) is 31.0 Å². The first-order chi connectivity index (χ1) is 8.61. The van der Waals surface area contributed by atoms with Crippen molar-refractivity contribution in [2.45, 2.75) is 13.0 Å².